The molecule has 36 heavy (non-hydrogen) atoms. The van der Waals surface area contributed by atoms with Gasteiger partial charge in [0.15, 0.2) is 28.8 Å². The van der Waals surface area contributed by atoms with E-state index < -0.39 is 0 Å². The van der Waals surface area contributed by atoms with Crippen molar-refractivity contribution in [1.29, 1.82) is 0 Å². The zero-order valence-electron chi connectivity index (χ0n) is 21.0. The van der Waals surface area contributed by atoms with Crippen molar-refractivity contribution in [1.82, 2.24) is 4.90 Å². The van der Waals surface area contributed by atoms with E-state index in [1.165, 1.54) is 0 Å². The van der Waals surface area contributed by atoms with Crippen LogP contribution in [0.25, 0.3) is 12.2 Å². The smallest absolute Gasteiger partial charge is 0.187 e. The summed E-state index contributed by atoms with van der Waals surface area (Å²) in [5.74, 6) is 7.24. The molecule has 0 aromatic heterocycles. The van der Waals surface area contributed by atoms with Crippen molar-refractivity contribution < 1.29 is 23.7 Å². The third kappa shape index (κ3) is 6.95. The lowest BCUT2D eigenvalue weighted by atomic mass is 9.94. The Hall–Kier alpha value is -4.13. The van der Waals surface area contributed by atoms with Gasteiger partial charge in [-0.15, -0.1) is 12.8 Å². The van der Waals surface area contributed by atoms with Crippen molar-refractivity contribution in [3.05, 3.63) is 58.7 Å². The maximum atomic E-state index is 13.4. The average Bonchev–Trinajstić information content (AvgIpc) is 2.86. The molecule has 0 amide bonds. The quantitative estimate of drug-likeness (QED) is 0.365. The van der Waals surface area contributed by atoms with E-state index in [1.54, 1.807) is 0 Å². The van der Waals surface area contributed by atoms with Gasteiger partial charge < -0.3 is 18.9 Å². The summed E-state index contributed by atoms with van der Waals surface area (Å²) in [4.78, 5) is 15.5. The highest BCUT2D eigenvalue weighted by molar-refractivity contribution is 6.14. The minimum absolute atomic E-state index is 0.00402. The maximum absolute atomic E-state index is 13.4. The molecule has 0 bridgehead atoms. The fraction of sp³-hybridized carbons (Fsp3) is 0.300. The largest absolute Gasteiger partial charge is 0.490 e. The lowest BCUT2D eigenvalue weighted by Gasteiger charge is -2.26. The van der Waals surface area contributed by atoms with Crippen LogP contribution in [0.5, 0.6) is 23.0 Å². The number of Topliss-reactive ketones (excluding diaryl/α,β-unsaturated/α-hetero) is 1. The fourth-order valence-corrected chi connectivity index (χ4v) is 3.85. The number of hydrogen-bond acceptors (Lipinski definition) is 6. The van der Waals surface area contributed by atoms with E-state index in [-0.39, 0.29) is 19.0 Å². The zero-order valence-corrected chi connectivity index (χ0v) is 21.0. The van der Waals surface area contributed by atoms with Crippen LogP contribution in [0.1, 0.15) is 25.0 Å². The highest BCUT2D eigenvalue weighted by atomic mass is 16.5. The Morgan fingerprint density at radius 2 is 1.22 bits per heavy atom. The second-order valence-corrected chi connectivity index (χ2v) is 8.10. The summed E-state index contributed by atoms with van der Waals surface area (Å²) >= 11 is 0. The van der Waals surface area contributed by atoms with E-state index in [0.29, 0.717) is 60.4 Å². The van der Waals surface area contributed by atoms with Crippen LogP contribution in [0.2, 0.25) is 0 Å². The molecule has 186 valence electrons. The summed E-state index contributed by atoms with van der Waals surface area (Å²) in [6, 6.07) is 11.1. The summed E-state index contributed by atoms with van der Waals surface area (Å²) in [6.45, 7) is 6.15. The first-order valence-electron chi connectivity index (χ1n) is 11.8. The predicted molar refractivity (Wildman–Crippen MR) is 142 cm³/mol. The molecular weight excluding hydrogens is 454 g/mol. The summed E-state index contributed by atoms with van der Waals surface area (Å²) in [5, 5.41) is 0. The Balaban J connectivity index is 1.90. The molecule has 6 heteroatoms. The van der Waals surface area contributed by atoms with Gasteiger partial charge in [0, 0.05) is 24.2 Å². The van der Waals surface area contributed by atoms with Crippen LogP contribution in [0, 0.1) is 24.7 Å². The lowest BCUT2D eigenvalue weighted by molar-refractivity contribution is -0.113. The molecule has 3 rings (SSSR count). The second-order valence-electron chi connectivity index (χ2n) is 8.10. The van der Waals surface area contributed by atoms with Crippen LogP contribution in [0.15, 0.2) is 47.5 Å². The summed E-state index contributed by atoms with van der Waals surface area (Å²) in [5.41, 5.74) is 3.07. The standard InChI is InChI=1S/C30H31NO5/c1-6-14-35-26-12-10-22(18-28(26)33-8-3)16-24-20-31(5)21-25(30(24)32)17-23-11-13-27(36-15-7-2)29(19-23)34-9-4/h1-2,10-13,16-19H,8-9,14-15,20-21H2,3-5H3/b24-16+,25-17+. The van der Waals surface area contributed by atoms with Crippen LogP contribution in [-0.2, 0) is 4.79 Å². The molecule has 1 aliphatic heterocycles. The number of carbonyl (C=O) groups is 1. The van der Waals surface area contributed by atoms with Gasteiger partial charge in [-0.3, -0.25) is 9.69 Å². The molecular formula is C30H31NO5. The molecule has 2 aromatic carbocycles. The number of carbonyl (C=O) groups excluding carboxylic acids is 1. The number of hydrogen-bond donors (Lipinski definition) is 0. The van der Waals surface area contributed by atoms with Gasteiger partial charge in [-0.05, 0) is 68.4 Å². The number of ether oxygens (including phenoxy) is 4. The van der Waals surface area contributed by atoms with E-state index in [1.807, 2.05) is 69.4 Å². The SMILES string of the molecule is C#CCOc1ccc(/C=C2\CN(C)C/C(=C\c3ccc(OCC#C)c(OCC)c3)C2=O)cc1OCC. The molecule has 0 radical (unpaired) electrons. The number of rotatable bonds is 10. The molecule has 0 unspecified atom stereocenters. The highest BCUT2D eigenvalue weighted by Crippen LogP contribution is 2.32. The average molecular weight is 486 g/mol. The Bertz CT molecular complexity index is 1140. The first kappa shape index (κ1) is 26.5. The minimum Gasteiger partial charge on any atom is -0.490 e. The van der Waals surface area contributed by atoms with Crippen molar-refractivity contribution >= 4 is 17.9 Å². The van der Waals surface area contributed by atoms with Crippen molar-refractivity contribution in [3.8, 4) is 47.7 Å². The first-order chi connectivity index (χ1) is 17.5. The van der Waals surface area contributed by atoms with Crippen LogP contribution in [0.3, 0.4) is 0 Å². The number of benzene rings is 2. The number of terminal acetylenes is 2. The maximum Gasteiger partial charge on any atom is 0.187 e. The van der Waals surface area contributed by atoms with Crippen LogP contribution < -0.4 is 18.9 Å². The Labute approximate surface area is 213 Å². The van der Waals surface area contributed by atoms with Crippen LogP contribution in [0.4, 0.5) is 0 Å². The minimum atomic E-state index is 0.00402. The lowest BCUT2D eigenvalue weighted by Crippen LogP contribution is -2.34. The number of likely N-dealkylation sites (N-methyl/N-ethyl adjacent to an activating group) is 1. The highest BCUT2D eigenvalue weighted by Gasteiger charge is 2.24. The molecule has 2 aromatic rings. The van der Waals surface area contributed by atoms with Gasteiger partial charge in [-0.25, -0.2) is 0 Å². The monoisotopic (exact) mass is 485 g/mol. The van der Waals surface area contributed by atoms with Gasteiger partial charge in [-0.2, -0.15) is 0 Å². The number of piperidine rings is 1. The molecule has 1 fully saturated rings. The molecule has 0 N–H and O–H groups in total. The van der Waals surface area contributed by atoms with Crippen molar-refractivity contribution in [3.63, 3.8) is 0 Å². The van der Waals surface area contributed by atoms with E-state index in [4.69, 9.17) is 31.8 Å². The third-order valence-corrected chi connectivity index (χ3v) is 5.30. The topological polar surface area (TPSA) is 57.2 Å². The summed E-state index contributed by atoms with van der Waals surface area (Å²) in [7, 11) is 1.99. The van der Waals surface area contributed by atoms with Gasteiger partial charge in [0.05, 0.1) is 13.2 Å². The predicted octanol–water partition coefficient (Wildman–Crippen LogP) is 4.49. The first-order valence-corrected chi connectivity index (χ1v) is 11.8. The van der Waals surface area contributed by atoms with Crippen molar-refractivity contribution in [2.45, 2.75) is 13.8 Å². The van der Waals surface area contributed by atoms with E-state index in [2.05, 4.69) is 16.7 Å². The van der Waals surface area contributed by atoms with Gasteiger partial charge in [-0.1, -0.05) is 24.0 Å². The van der Waals surface area contributed by atoms with Crippen molar-refractivity contribution in [2.75, 3.05) is 46.6 Å². The Kier molecular flexibility index (Phi) is 9.63. The van der Waals surface area contributed by atoms with Gasteiger partial charge in [0.2, 0.25) is 0 Å². The van der Waals surface area contributed by atoms with E-state index in [0.717, 1.165) is 11.1 Å². The van der Waals surface area contributed by atoms with E-state index >= 15 is 0 Å². The number of ketones is 1. The fourth-order valence-electron chi connectivity index (χ4n) is 3.85. The molecule has 1 aliphatic rings. The molecule has 0 saturated carbocycles. The normalized spacial score (nSPS) is 15.9. The molecule has 0 atom stereocenters. The zero-order chi connectivity index (χ0) is 25.9. The molecule has 1 saturated heterocycles. The van der Waals surface area contributed by atoms with Gasteiger partial charge in [0.25, 0.3) is 0 Å². The number of likely N-dealkylation sites (tertiary alicyclic amines) is 1. The molecule has 0 spiro atoms. The van der Waals surface area contributed by atoms with Gasteiger partial charge in [0.1, 0.15) is 13.2 Å². The molecule has 1 heterocycles. The molecule has 0 aliphatic carbocycles. The van der Waals surface area contributed by atoms with Crippen LogP contribution >= 0.6 is 0 Å². The van der Waals surface area contributed by atoms with E-state index in [9.17, 15) is 4.79 Å². The Morgan fingerprint density at radius 3 is 1.61 bits per heavy atom. The Morgan fingerprint density at radius 1 is 0.778 bits per heavy atom. The second kappa shape index (κ2) is 13.1. The molecule has 6 nitrogen and oxygen atoms in total. The number of nitrogens with zero attached hydrogens (tertiary/aromatic N) is 1. The van der Waals surface area contributed by atoms with Crippen molar-refractivity contribution in [2.24, 2.45) is 0 Å². The summed E-state index contributed by atoms with van der Waals surface area (Å²) < 4.78 is 22.6. The van der Waals surface area contributed by atoms with Gasteiger partial charge >= 0.3 is 0 Å². The third-order valence-electron chi connectivity index (χ3n) is 5.30. The summed E-state index contributed by atoms with van der Waals surface area (Å²) in [6.07, 6.45) is 14.4. The van der Waals surface area contributed by atoms with Crippen LogP contribution in [-0.4, -0.2) is 57.2 Å².